The monoisotopic (exact) mass is 346 g/mol. The second-order valence-electron chi connectivity index (χ2n) is 4.65. The molecule has 0 amide bonds. The van der Waals surface area contributed by atoms with Crippen LogP contribution in [0.15, 0.2) is 22.8 Å². The molecule has 1 aromatic heterocycles. The first kappa shape index (κ1) is 15.1. The topological polar surface area (TPSA) is 28.7 Å². The average molecular weight is 347 g/mol. The van der Waals surface area contributed by atoms with Crippen molar-refractivity contribution >= 4 is 15.9 Å². The van der Waals surface area contributed by atoms with Crippen LogP contribution in [0.4, 0.5) is 13.2 Å². The second-order valence-corrected chi connectivity index (χ2v) is 5.40. The molecule has 1 aromatic carbocycles. The number of hydrogen-bond acceptors (Lipinski definition) is 1. The van der Waals surface area contributed by atoms with Crippen LogP contribution in [0.3, 0.4) is 0 Å². The molecule has 0 aliphatic carbocycles. The number of nitrogens with zero attached hydrogens (tertiary/aromatic N) is 1. The maximum atomic E-state index is 12.5. The van der Waals surface area contributed by atoms with E-state index in [0.29, 0.717) is 4.60 Å². The number of nitrogens with one attached hydrogen (secondary N) is 1. The van der Waals surface area contributed by atoms with Crippen LogP contribution < -0.4 is 0 Å². The molecule has 108 valence electrons. The molecule has 0 aliphatic heterocycles. The van der Waals surface area contributed by atoms with Crippen LogP contribution >= 0.6 is 15.9 Å². The maximum absolute atomic E-state index is 12.5. The SMILES string of the molecule is CCc1ccc(CC(F)(F)F)cc1-c1c(Br)n[nH]c1C. The number of H-pyrrole nitrogens is 1. The minimum absolute atomic E-state index is 0.261. The number of hydrogen-bond donors (Lipinski definition) is 1. The van der Waals surface area contributed by atoms with Gasteiger partial charge in [0.25, 0.3) is 0 Å². The van der Waals surface area contributed by atoms with Crippen molar-refractivity contribution in [1.29, 1.82) is 0 Å². The third kappa shape index (κ3) is 3.23. The molecule has 0 saturated carbocycles. The van der Waals surface area contributed by atoms with E-state index >= 15 is 0 Å². The lowest BCUT2D eigenvalue weighted by Crippen LogP contribution is -2.11. The highest BCUT2D eigenvalue weighted by Crippen LogP contribution is 2.34. The van der Waals surface area contributed by atoms with Gasteiger partial charge in [-0.15, -0.1) is 0 Å². The van der Waals surface area contributed by atoms with Crippen molar-refractivity contribution in [1.82, 2.24) is 10.2 Å². The third-order valence-electron chi connectivity index (χ3n) is 3.13. The highest BCUT2D eigenvalue weighted by molar-refractivity contribution is 9.10. The fourth-order valence-electron chi connectivity index (χ4n) is 2.22. The van der Waals surface area contributed by atoms with E-state index in [1.807, 2.05) is 13.8 Å². The van der Waals surface area contributed by atoms with E-state index in [0.717, 1.165) is 28.8 Å². The molecule has 0 spiro atoms. The van der Waals surface area contributed by atoms with Gasteiger partial charge in [-0.1, -0.05) is 25.1 Å². The number of rotatable bonds is 3. The van der Waals surface area contributed by atoms with Crippen molar-refractivity contribution in [2.24, 2.45) is 0 Å². The molecular weight excluding hydrogens is 333 g/mol. The normalized spacial score (nSPS) is 11.9. The summed E-state index contributed by atoms with van der Waals surface area (Å²) in [6.45, 7) is 3.83. The number of aromatic amines is 1. The fraction of sp³-hybridized carbons (Fsp3) is 0.357. The minimum Gasteiger partial charge on any atom is -0.281 e. The van der Waals surface area contributed by atoms with Gasteiger partial charge in [0.2, 0.25) is 0 Å². The molecule has 2 nitrogen and oxygen atoms in total. The van der Waals surface area contributed by atoms with Crippen LogP contribution in [0.1, 0.15) is 23.7 Å². The van der Waals surface area contributed by atoms with Gasteiger partial charge in [-0.3, -0.25) is 5.10 Å². The summed E-state index contributed by atoms with van der Waals surface area (Å²) in [7, 11) is 0. The molecule has 0 radical (unpaired) electrons. The van der Waals surface area contributed by atoms with Crippen molar-refractivity contribution in [3.63, 3.8) is 0 Å². The summed E-state index contributed by atoms with van der Waals surface area (Å²) < 4.78 is 38.2. The van der Waals surface area contributed by atoms with Crippen molar-refractivity contribution in [3.05, 3.63) is 39.6 Å². The number of aryl methyl sites for hydroxylation is 2. The fourth-order valence-corrected chi connectivity index (χ4v) is 2.82. The van der Waals surface area contributed by atoms with E-state index in [9.17, 15) is 13.2 Å². The van der Waals surface area contributed by atoms with Gasteiger partial charge in [0.1, 0.15) is 4.60 Å². The zero-order valence-electron chi connectivity index (χ0n) is 11.1. The lowest BCUT2D eigenvalue weighted by molar-refractivity contribution is -0.127. The van der Waals surface area contributed by atoms with Crippen molar-refractivity contribution in [2.45, 2.75) is 32.9 Å². The van der Waals surface area contributed by atoms with Crippen LogP contribution in [0.5, 0.6) is 0 Å². The van der Waals surface area contributed by atoms with E-state index in [2.05, 4.69) is 26.1 Å². The van der Waals surface area contributed by atoms with Crippen LogP contribution in [0.25, 0.3) is 11.1 Å². The molecule has 20 heavy (non-hydrogen) atoms. The number of benzene rings is 1. The predicted molar refractivity (Wildman–Crippen MR) is 75.6 cm³/mol. The molecule has 1 N–H and O–H groups in total. The van der Waals surface area contributed by atoms with Crippen LogP contribution in [-0.2, 0) is 12.8 Å². The highest BCUT2D eigenvalue weighted by atomic mass is 79.9. The van der Waals surface area contributed by atoms with E-state index < -0.39 is 12.6 Å². The summed E-state index contributed by atoms with van der Waals surface area (Å²) in [4.78, 5) is 0. The molecule has 0 aliphatic rings. The third-order valence-corrected chi connectivity index (χ3v) is 3.71. The Hall–Kier alpha value is -1.30. The summed E-state index contributed by atoms with van der Waals surface area (Å²) in [5.41, 5.74) is 3.72. The Morgan fingerprint density at radius 3 is 2.50 bits per heavy atom. The maximum Gasteiger partial charge on any atom is 0.393 e. The predicted octanol–water partition coefficient (Wildman–Crippen LogP) is 4.81. The van der Waals surface area contributed by atoms with Gasteiger partial charge >= 0.3 is 6.18 Å². The number of alkyl halides is 3. The standard InChI is InChI=1S/C14H14BrF3N2/c1-3-10-5-4-9(7-14(16,17)18)6-11(10)12-8(2)19-20-13(12)15/h4-6H,3,7H2,1-2H3,(H,19,20). The highest BCUT2D eigenvalue weighted by Gasteiger charge is 2.28. The second kappa shape index (κ2) is 5.60. The minimum atomic E-state index is -4.20. The van der Waals surface area contributed by atoms with Gasteiger partial charge in [0.05, 0.1) is 6.42 Å². The van der Waals surface area contributed by atoms with Gasteiger partial charge < -0.3 is 0 Å². The quantitative estimate of drug-likeness (QED) is 0.848. The van der Waals surface area contributed by atoms with Crippen LogP contribution in [-0.4, -0.2) is 16.4 Å². The van der Waals surface area contributed by atoms with Gasteiger partial charge in [0, 0.05) is 11.3 Å². The first-order chi connectivity index (χ1) is 9.31. The van der Waals surface area contributed by atoms with Crippen molar-refractivity contribution < 1.29 is 13.2 Å². The zero-order valence-corrected chi connectivity index (χ0v) is 12.7. The Bertz CT molecular complexity index is 598. The van der Waals surface area contributed by atoms with Crippen LogP contribution in [0, 0.1) is 6.92 Å². The van der Waals surface area contributed by atoms with E-state index in [4.69, 9.17) is 0 Å². The molecule has 0 saturated heterocycles. The molecule has 1 heterocycles. The molecule has 0 atom stereocenters. The Labute approximate surface area is 123 Å². The first-order valence-electron chi connectivity index (χ1n) is 6.21. The van der Waals surface area contributed by atoms with Crippen molar-refractivity contribution in [2.75, 3.05) is 0 Å². The van der Waals surface area contributed by atoms with Gasteiger partial charge in [-0.2, -0.15) is 18.3 Å². The molecule has 6 heteroatoms. The smallest absolute Gasteiger partial charge is 0.281 e. The van der Waals surface area contributed by atoms with Crippen LogP contribution in [0.2, 0.25) is 0 Å². The molecule has 0 unspecified atom stereocenters. The molecular formula is C14H14BrF3N2. The summed E-state index contributed by atoms with van der Waals surface area (Å²) in [6.07, 6.45) is -4.37. The Morgan fingerprint density at radius 2 is 2.00 bits per heavy atom. The Balaban J connectivity index is 2.53. The summed E-state index contributed by atoms with van der Waals surface area (Å²) >= 11 is 3.34. The molecule has 2 rings (SSSR count). The average Bonchev–Trinajstić information content (AvgIpc) is 2.67. The van der Waals surface area contributed by atoms with E-state index in [-0.39, 0.29) is 5.56 Å². The molecule has 0 bridgehead atoms. The lowest BCUT2D eigenvalue weighted by Gasteiger charge is -2.12. The van der Waals surface area contributed by atoms with E-state index in [1.165, 1.54) is 0 Å². The largest absolute Gasteiger partial charge is 0.393 e. The summed E-state index contributed by atoms with van der Waals surface area (Å²) in [5, 5.41) is 6.88. The van der Waals surface area contributed by atoms with Gasteiger partial charge in [0.15, 0.2) is 0 Å². The van der Waals surface area contributed by atoms with Gasteiger partial charge in [-0.05, 0) is 46.0 Å². The van der Waals surface area contributed by atoms with E-state index in [1.54, 1.807) is 18.2 Å². The number of halogens is 4. The molecule has 2 aromatic rings. The number of aromatic nitrogens is 2. The van der Waals surface area contributed by atoms with Crippen molar-refractivity contribution in [3.8, 4) is 11.1 Å². The molecule has 0 fully saturated rings. The Kier molecular flexibility index (Phi) is 4.22. The first-order valence-corrected chi connectivity index (χ1v) is 7.00. The summed E-state index contributed by atoms with van der Waals surface area (Å²) in [6, 6.07) is 4.91. The lowest BCUT2D eigenvalue weighted by atomic mass is 9.95. The Morgan fingerprint density at radius 1 is 1.30 bits per heavy atom. The van der Waals surface area contributed by atoms with Gasteiger partial charge in [-0.25, -0.2) is 0 Å². The summed E-state index contributed by atoms with van der Waals surface area (Å²) in [5.74, 6) is 0. The zero-order chi connectivity index (χ0) is 14.9.